The summed E-state index contributed by atoms with van der Waals surface area (Å²) in [5.41, 5.74) is 1.47. The molecule has 0 spiro atoms. The summed E-state index contributed by atoms with van der Waals surface area (Å²) in [5, 5.41) is 15.3. The third-order valence-electron chi connectivity index (χ3n) is 11.1. The van der Waals surface area contributed by atoms with Gasteiger partial charge in [-0.1, -0.05) is 12.0 Å². The zero-order chi connectivity index (χ0) is 31.0. The van der Waals surface area contributed by atoms with E-state index in [0.29, 0.717) is 47.1 Å². The Morgan fingerprint density at radius 1 is 1.02 bits per heavy atom. The molecule has 1 aliphatic carbocycles. The van der Waals surface area contributed by atoms with Crippen molar-refractivity contribution in [2.24, 2.45) is 0 Å². The second kappa shape index (κ2) is 10.7. The third kappa shape index (κ3) is 4.48. The second-order valence-corrected chi connectivity index (χ2v) is 13.8. The smallest absolute Gasteiger partial charge is 0.320 e. The SMILES string of the molecule is C#Cc1c(F)ccc2cc(O)cc(Oc3nc4nc(OCC56CCCN5CCC6)nc(N5CC6CCC(C5)N6)c4n3C3CCC3)c12. The molecule has 1 saturated carbocycles. The quantitative estimate of drug-likeness (QED) is 0.267. The third-order valence-corrected chi connectivity index (χ3v) is 11.1. The van der Waals surface area contributed by atoms with Crippen molar-refractivity contribution in [2.45, 2.75) is 81.5 Å². The van der Waals surface area contributed by atoms with E-state index < -0.39 is 5.82 Å². The van der Waals surface area contributed by atoms with Crippen molar-refractivity contribution in [2.75, 3.05) is 37.7 Å². The second-order valence-electron chi connectivity index (χ2n) is 13.8. The summed E-state index contributed by atoms with van der Waals surface area (Å²) in [6.07, 6.45) is 15.7. The number of hydrogen-bond donors (Lipinski definition) is 2. The van der Waals surface area contributed by atoms with Crippen LogP contribution >= 0.6 is 0 Å². The summed E-state index contributed by atoms with van der Waals surface area (Å²) in [7, 11) is 0. The average Bonchev–Trinajstić information content (AvgIpc) is 3.78. The van der Waals surface area contributed by atoms with Crippen LogP contribution in [0.25, 0.3) is 21.9 Å². The highest BCUT2D eigenvalue weighted by atomic mass is 19.1. The molecule has 5 aliphatic rings. The Balaban J connectivity index is 1.18. The lowest BCUT2D eigenvalue weighted by atomic mass is 9.93. The number of ether oxygens (including phenoxy) is 2. The predicted octanol–water partition coefficient (Wildman–Crippen LogP) is 5.27. The fraction of sp³-hybridized carbons (Fsp3) is 0.514. The van der Waals surface area contributed by atoms with Crippen molar-refractivity contribution in [3.63, 3.8) is 0 Å². The van der Waals surface area contributed by atoms with Gasteiger partial charge in [0.05, 0.1) is 11.1 Å². The van der Waals surface area contributed by atoms with Gasteiger partial charge in [-0.3, -0.25) is 9.47 Å². The van der Waals surface area contributed by atoms with Gasteiger partial charge in [0.1, 0.15) is 29.4 Å². The number of aromatic hydroxyl groups is 1. The molecule has 0 amide bonds. The van der Waals surface area contributed by atoms with E-state index in [2.05, 4.69) is 25.6 Å². The first-order valence-corrected chi connectivity index (χ1v) is 16.8. The van der Waals surface area contributed by atoms with E-state index in [0.717, 1.165) is 82.5 Å². The number of terminal acetylenes is 1. The van der Waals surface area contributed by atoms with Crippen LogP contribution in [0.15, 0.2) is 24.3 Å². The van der Waals surface area contributed by atoms with Crippen LogP contribution in [-0.4, -0.2) is 79.9 Å². The van der Waals surface area contributed by atoms with E-state index in [4.69, 9.17) is 30.8 Å². The number of rotatable bonds is 7. The summed E-state index contributed by atoms with van der Waals surface area (Å²) >= 11 is 0. The van der Waals surface area contributed by atoms with Gasteiger partial charge in [0.15, 0.2) is 11.5 Å². The molecule has 0 radical (unpaired) electrons. The Bertz CT molecular complexity index is 1880. The number of phenols is 1. The minimum absolute atomic E-state index is 0.0110. The number of benzene rings is 2. The molecule has 6 heterocycles. The summed E-state index contributed by atoms with van der Waals surface area (Å²) in [6, 6.07) is 7.54. The number of nitrogens with zero attached hydrogens (tertiary/aromatic N) is 6. The van der Waals surface area contributed by atoms with Gasteiger partial charge >= 0.3 is 12.0 Å². The van der Waals surface area contributed by atoms with Crippen LogP contribution in [0.2, 0.25) is 0 Å². The van der Waals surface area contributed by atoms with Crippen LogP contribution < -0.4 is 19.7 Å². The van der Waals surface area contributed by atoms with Crippen molar-refractivity contribution >= 4 is 27.8 Å². The van der Waals surface area contributed by atoms with Gasteiger partial charge in [-0.25, -0.2) is 4.39 Å². The molecule has 10 nitrogen and oxygen atoms in total. The van der Waals surface area contributed by atoms with E-state index in [1.54, 1.807) is 12.1 Å². The Hall–Kier alpha value is -4.14. The van der Waals surface area contributed by atoms with Gasteiger partial charge in [0.25, 0.3) is 0 Å². The van der Waals surface area contributed by atoms with Gasteiger partial charge in [-0.2, -0.15) is 15.0 Å². The Labute approximate surface area is 266 Å². The Morgan fingerprint density at radius 2 is 1.80 bits per heavy atom. The standard InChI is InChI=1S/C35H38FN7O3/c1-2-26-27(36)11-8-21-16-25(44)17-28(29(21)26)46-34-39-31-30(43(34)24-6-3-7-24)32(41-18-22-9-10-23(19-41)37-22)40-33(38-31)45-20-35-12-4-14-42(35)15-5-13-35/h1,8,11,16-17,22-24,37,44H,3-7,9-10,12-15,18-20H2. The molecule has 4 aromatic rings. The Morgan fingerprint density at radius 3 is 2.52 bits per heavy atom. The van der Waals surface area contributed by atoms with Crippen LogP contribution in [0, 0.1) is 18.2 Å². The first-order valence-electron chi connectivity index (χ1n) is 16.8. The largest absolute Gasteiger partial charge is 0.508 e. The molecule has 2 unspecified atom stereocenters. The number of nitrogens with one attached hydrogen (secondary N) is 1. The maximum Gasteiger partial charge on any atom is 0.320 e. The molecule has 46 heavy (non-hydrogen) atoms. The maximum atomic E-state index is 14.9. The molecule has 4 aliphatic heterocycles. The molecule has 2 N–H and O–H groups in total. The maximum absolute atomic E-state index is 14.9. The average molecular weight is 624 g/mol. The molecule has 5 fully saturated rings. The van der Waals surface area contributed by atoms with Crippen LogP contribution in [0.3, 0.4) is 0 Å². The molecule has 9 rings (SSSR count). The van der Waals surface area contributed by atoms with Crippen molar-refractivity contribution in [3.05, 3.63) is 35.6 Å². The highest BCUT2D eigenvalue weighted by Gasteiger charge is 2.45. The van der Waals surface area contributed by atoms with Crippen LogP contribution in [0.1, 0.15) is 69.4 Å². The summed E-state index contributed by atoms with van der Waals surface area (Å²) in [5.74, 6) is 3.00. The molecule has 2 bridgehead atoms. The van der Waals surface area contributed by atoms with Gasteiger partial charge in [-0.15, -0.1) is 6.42 Å². The molecule has 4 saturated heterocycles. The van der Waals surface area contributed by atoms with Gasteiger partial charge in [-0.05, 0) is 88.4 Å². The van der Waals surface area contributed by atoms with E-state index in [1.807, 2.05) is 0 Å². The summed E-state index contributed by atoms with van der Waals surface area (Å²) in [6.45, 7) is 4.49. The highest BCUT2D eigenvalue weighted by Crippen LogP contribution is 2.45. The monoisotopic (exact) mass is 623 g/mol. The lowest BCUT2D eigenvalue weighted by molar-refractivity contribution is 0.108. The van der Waals surface area contributed by atoms with Gasteiger partial charge in [0.2, 0.25) is 0 Å². The fourth-order valence-corrected chi connectivity index (χ4v) is 8.62. The summed E-state index contributed by atoms with van der Waals surface area (Å²) in [4.78, 5) is 19.9. The van der Waals surface area contributed by atoms with Crippen molar-refractivity contribution in [3.8, 4) is 35.9 Å². The van der Waals surface area contributed by atoms with Crippen molar-refractivity contribution < 1.29 is 19.0 Å². The van der Waals surface area contributed by atoms with Crippen LogP contribution in [-0.2, 0) is 0 Å². The number of piperazine rings is 1. The predicted molar refractivity (Wildman–Crippen MR) is 172 cm³/mol. The summed E-state index contributed by atoms with van der Waals surface area (Å²) < 4.78 is 30.1. The first-order chi connectivity index (χ1) is 22.5. The number of hydrogen-bond acceptors (Lipinski definition) is 9. The number of fused-ring (bicyclic) bond motifs is 5. The number of phenolic OH excluding ortho intramolecular Hbond substituents is 1. The topological polar surface area (TPSA) is 101 Å². The number of aromatic nitrogens is 4. The first kappa shape index (κ1) is 28.1. The molecular weight excluding hydrogens is 585 g/mol. The van der Waals surface area contributed by atoms with E-state index in [1.165, 1.54) is 25.0 Å². The molecule has 2 atom stereocenters. The van der Waals surface area contributed by atoms with Crippen molar-refractivity contribution in [1.29, 1.82) is 0 Å². The molecule has 11 heteroatoms. The minimum atomic E-state index is -0.524. The number of imidazole rings is 1. The normalized spacial score (nSPS) is 24.0. The zero-order valence-corrected chi connectivity index (χ0v) is 25.8. The van der Waals surface area contributed by atoms with E-state index in [9.17, 15) is 9.50 Å². The minimum Gasteiger partial charge on any atom is -0.508 e. The lowest BCUT2D eigenvalue weighted by Crippen LogP contribution is -2.51. The van der Waals surface area contributed by atoms with Crippen LogP contribution in [0.5, 0.6) is 23.5 Å². The molecule has 2 aromatic carbocycles. The zero-order valence-electron chi connectivity index (χ0n) is 25.8. The number of anilines is 1. The lowest BCUT2D eigenvalue weighted by Gasteiger charge is -2.35. The van der Waals surface area contributed by atoms with Crippen LogP contribution in [0.4, 0.5) is 10.2 Å². The number of halogens is 1. The van der Waals surface area contributed by atoms with E-state index >= 15 is 0 Å². The molecule has 238 valence electrons. The Kier molecular flexibility index (Phi) is 6.54. The fourth-order valence-electron chi connectivity index (χ4n) is 8.62. The van der Waals surface area contributed by atoms with E-state index in [-0.39, 0.29) is 28.6 Å². The molecular formula is C35H38FN7O3. The highest BCUT2D eigenvalue weighted by molar-refractivity contribution is 5.95. The van der Waals surface area contributed by atoms with Gasteiger partial charge in [0, 0.05) is 42.7 Å². The van der Waals surface area contributed by atoms with Gasteiger partial charge < -0.3 is 24.8 Å². The van der Waals surface area contributed by atoms with Crippen molar-refractivity contribution in [1.82, 2.24) is 29.7 Å². The molecule has 2 aromatic heterocycles.